The minimum atomic E-state index is -3.50. The van der Waals surface area contributed by atoms with Crippen LogP contribution in [0.2, 0.25) is 0 Å². The minimum Gasteiger partial charge on any atom is -0.392 e. The van der Waals surface area contributed by atoms with Crippen molar-refractivity contribution in [3.63, 3.8) is 0 Å². The van der Waals surface area contributed by atoms with Gasteiger partial charge < -0.3 is 5.11 Å². The number of sulfonamides is 1. The van der Waals surface area contributed by atoms with Crippen LogP contribution in [0.5, 0.6) is 0 Å². The first kappa shape index (κ1) is 15.5. The van der Waals surface area contributed by atoms with Gasteiger partial charge in [-0.05, 0) is 30.4 Å². The third-order valence-electron chi connectivity index (χ3n) is 2.57. The molecule has 18 heavy (non-hydrogen) atoms. The summed E-state index contributed by atoms with van der Waals surface area (Å²) >= 11 is 1.61. The van der Waals surface area contributed by atoms with Gasteiger partial charge >= 0.3 is 0 Å². The Morgan fingerprint density at radius 2 is 2.17 bits per heavy atom. The van der Waals surface area contributed by atoms with Crippen molar-refractivity contribution in [2.75, 3.05) is 12.0 Å². The number of benzene rings is 1. The van der Waals surface area contributed by atoms with Gasteiger partial charge in [0.1, 0.15) is 0 Å². The first-order valence-electron chi connectivity index (χ1n) is 5.74. The summed E-state index contributed by atoms with van der Waals surface area (Å²) in [5.74, 6) is 0.745. The van der Waals surface area contributed by atoms with E-state index in [4.69, 9.17) is 5.11 Å². The molecule has 0 aromatic heterocycles. The Morgan fingerprint density at radius 3 is 2.72 bits per heavy atom. The van der Waals surface area contributed by atoms with Gasteiger partial charge in [0.05, 0.1) is 11.5 Å². The number of rotatable bonds is 7. The van der Waals surface area contributed by atoms with Crippen LogP contribution in [-0.2, 0) is 16.6 Å². The Hall–Kier alpha value is -0.560. The molecule has 0 saturated heterocycles. The average Bonchev–Trinajstić information content (AvgIpc) is 2.38. The highest BCUT2D eigenvalue weighted by atomic mass is 32.2. The summed E-state index contributed by atoms with van der Waals surface area (Å²) in [5, 5.41) is 9.02. The molecule has 2 N–H and O–H groups in total. The Bertz CT molecular complexity index is 474. The highest BCUT2D eigenvalue weighted by Crippen LogP contribution is 2.13. The number of aliphatic hydroxyl groups excluding tert-OH is 1. The van der Waals surface area contributed by atoms with Crippen LogP contribution in [0.4, 0.5) is 0 Å². The van der Waals surface area contributed by atoms with Crippen LogP contribution in [0, 0.1) is 0 Å². The largest absolute Gasteiger partial charge is 0.392 e. The predicted molar refractivity (Wildman–Crippen MR) is 75.1 cm³/mol. The molecule has 1 atom stereocenters. The molecule has 6 heteroatoms. The quantitative estimate of drug-likeness (QED) is 0.800. The lowest BCUT2D eigenvalue weighted by atomic mass is 10.2. The number of hydrogen-bond acceptors (Lipinski definition) is 4. The zero-order valence-corrected chi connectivity index (χ0v) is 12.2. The van der Waals surface area contributed by atoms with E-state index in [0.717, 1.165) is 12.2 Å². The summed E-state index contributed by atoms with van der Waals surface area (Å²) in [6.45, 7) is 1.79. The van der Waals surface area contributed by atoms with Crippen LogP contribution in [0.3, 0.4) is 0 Å². The van der Waals surface area contributed by atoms with E-state index in [-0.39, 0.29) is 17.5 Å². The molecule has 0 aliphatic carbocycles. The molecule has 0 saturated carbocycles. The summed E-state index contributed by atoms with van der Waals surface area (Å²) in [4.78, 5) is 0.202. The molecule has 0 spiro atoms. The second-order valence-corrected chi connectivity index (χ2v) is 6.61. The van der Waals surface area contributed by atoms with Crippen molar-refractivity contribution in [2.45, 2.75) is 30.9 Å². The van der Waals surface area contributed by atoms with Crippen LogP contribution >= 0.6 is 11.8 Å². The maximum absolute atomic E-state index is 12.1. The molecule has 0 bridgehead atoms. The Labute approximate surface area is 113 Å². The number of hydrogen-bond donors (Lipinski definition) is 2. The molecule has 1 aromatic rings. The van der Waals surface area contributed by atoms with Gasteiger partial charge in [-0.2, -0.15) is 11.8 Å². The lowest BCUT2D eigenvalue weighted by molar-refractivity contribution is 0.281. The molecule has 102 valence electrons. The third-order valence-corrected chi connectivity index (χ3v) is 4.83. The molecule has 0 heterocycles. The number of thioether (sulfide) groups is 1. The molecule has 0 amide bonds. The van der Waals surface area contributed by atoms with Gasteiger partial charge in [-0.3, -0.25) is 0 Å². The predicted octanol–water partition coefficient (Wildman–Crippen LogP) is 1.60. The van der Waals surface area contributed by atoms with E-state index in [2.05, 4.69) is 4.72 Å². The smallest absolute Gasteiger partial charge is 0.240 e. The lowest BCUT2D eigenvalue weighted by Gasteiger charge is -2.16. The number of nitrogens with one attached hydrogen (secondary N) is 1. The Morgan fingerprint density at radius 1 is 1.44 bits per heavy atom. The van der Waals surface area contributed by atoms with Crippen molar-refractivity contribution in [2.24, 2.45) is 0 Å². The van der Waals surface area contributed by atoms with Crippen LogP contribution in [0.1, 0.15) is 18.9 Å². The highest BCUT2D eigenvalue weighted by Gasteiger charge is 2.18. The van der Waals surface area contributed by atoms with Gasteiger partial charge in [-0.1, -0.05) is 19.1 Å². The van der Waals surface area contributed by atoms with Crippen LogP contribution < -0.4 is 4.72 Å². The first-order valence-corrected chi connectivity index (χ1v) is 8.62. The summed E-state index contributed by atoms with van der Waals surface area (Å²) in [5.41, 5.74) is 0.593. The van der Waals surface area contributed by atoms with E-state index < -0.39 is 10.0 Å². The fourth-order valence-electron chi connectivity index (χ4n) is 1.53. The van der Waals surface area contributed by atoms with Crippen molar-refractivity contribution in [1.82, 2.24) is 4.72 Å². The fraction of sp³-hybridized carbons (Fsp3) is 0.500. The zero-order valence-electron chi connectivity index (χ0n) is 10.6. The summed E-state index contributed by atoms with van der Waals surface area (Å²) in [6, 6.07) is 6.29. The van der Waals surface area contributed by atoms with E-state index in [1.165, 1.54) is 12.1 Å². The van der Waals surface area contributed by atoms with Crippen molar-refractivity contribution >= 4 is 21.8 Å². The van der Waals surface area contributed by atoms with Gasteiger partial charge in [0.25, 0.3) is 0 Å². The second-order valence-electron chi connectivity index (χ2n) is 3.99. The van der Waals surface area contributed by atoms with Crippen LogP contribution in [0.15, 0.2) is 29.2 Å². The Kier molecular flexibility index (Phi) is 6.14. The maximum Gasteiger partial charge on any atom is 0.240 e. The van der Waals surface area contributed by atoms with Crippen LogP contribution in [0.25, 0.3) is 0 Å². The van der Waals surface area contributed by atoms with Crippen molar-refractivity contribution in [3.8, 4) is 0 Å². The van der Waals surface area contributed by atoms with Crippen molar-refractivity contribution in [3.05, 3.63) is 29.8 Å². The lowest BCUT2D eigenvalue weighted by Crippen LogP contribution is -2.36. The minimum absolute atomic E-state index is 0.0669. The van der Waals surface area contributed by atoms with Crippen molar-refractivity contribution in [1.29, 1.82) is 0 Å². The Balaban J connectivity index is 2.91. The molecule has 1 unspecified atom stereocenters. The van der Waals surface area contributed by atoms with Gasteiger partial charge in [0.15, 0.2) is 0 Å². The molecule has 1 aromatic carbocycles. The van der Waals surface area contributed by atoms with E-state index in [1.54, 1.807) is 23.9 Å². The van der Waals surface area contributed by atoms with E-state index in [1.807, 2.05) is 13.2 Å². The molecule has 0 aliphatic heterocycles. The van der Waals surface area contributed by atoms with Gasteiger partial charge in [-0.25, -0.2) is 13.1 Å². The molecular formula is C12H19NO3S2. The second kappa shape index (κ2) is 7.13. The molecule has 0 fully saturated rings. The molecule has 4 nitrogen and oxygen atoms in total. The SMILES string of the molecule is CCC(CSC)NS(=O)(=O)c1cccc(CO)c1. The van der Waals surface area contributed by atoms with E-state index >= 15 is 0 Å². The van der Waals surface area contributed by atoms with Crippen molar-refractivity contribution < 1.29 is 13.5 Å². The maximum atomic E-state index is 12.1. The average molecular weight is 289 g/mol. The summed E-state index contributed by atoms with van der Waals surface area (Å²) in [6.07, 6.45) is 2.70. The van der Waals surface area contributed by atoms with Gasteiger partial charge in [0, 0.05) is 11.8 Å². The topological polar surface area (TPSA) is 66.4 Å². The summed E-state index contributed by atoms with van der Waals surface area (Å²) < 4.78 is 27.0. The molecular weight excluding hydrogens is 270 g/mol. The first-order chi connectivity index (χ1) is 8.53. The highest BCUT2D eigenvalue weighted by molar-refractivity contribution is 7.98. The fourth-order valence-corrected chi connectivity index (χ4v) is 3.75. The number of aliphatic hydroxyl groups is 1. The third kappa shape index (κ3) is 4.28. The van der Waals surface area contributed by atoms with Gasteiger partial charge in [-0.15, -0.1) is 0 Å². The zero-order chi connectivity index (χ0) is 13.6. The standard InChI is InChI=1S/C12H19NO3S2/c1-3-11(9-17-2)13-18(15,16)12-6-4-5-10(7-12)8-14/h4-7,11,13-14H,3,8-9H2,1-2H3. The monoisotopic (exact) mass is 289 g/mol. The molecule has 0 aliphatic rings. The molecule has 0 radical (unpaired) electrons. The summed E-state index contributed by atoms with van der Waals surface area (Å²) in [7, 11) is -3.50. The molecule has 1 rings (SSSR count). The van der Waals surface area contributed by atoms with Crippen LogP contribution in [-0.4, -0.2) is 31.6 Å². The normalized spacial score (nSPS) is 13.5. The van der Waals surface area contributed by atoms with E-state index in [9.17, 15) is 8.42 Å². The van der Waals surface area contributed by atoms with E-state index in [0.29, 0.717) is 5.56 Å². The van der Waals surface area contributed by atoms with Gasteiger partial charge in [0.2, 0.25) is 10.0 Å².